The van der Waals surface area contributed by atoms with E-state index < -0.39 is 17.4 Å². The van der Waals surface area contributed by atoms with Gasteiger partial charge in [0.25, 0.3) is 5.91 Å². The lowest BCUT2D eigenvalue weighted by Gasteiger charge is -2.29. The van der Waals surface area contributed by atoms with Crippen molar-refractivity contribution in [1.82, 2.24) is 10.4 Å². The van der Waals surface area contributed by atoms with Gasteiger partial charge in [0.15, 0.2) is 0 Å². The molecule has 2 amide bonds. The highest BCUT2D eigenvalue weighted by molar-refractivity contribution is 5.94. The van der Waals surface area contributed by atoms with E-state index in [-0.39, 0.29) is 5.91 Å². The first-order valence-electron chi connectivity index (χ1n) is 8.82. The maximum absolute atomic E-state index is 13.2. The molecule has 0 aromatic heterocycles. The van der Waals surface area contributed by atoms with Crippen molar-refractivity contribution in [2.75, 3.05) is 6.54 Å². The van der Waals surface area contributed by atoms with Crippen molar-refractivity contribution in [2.24, 2.45) is 0 Å². The third-order valence-corrected chi connectivity index (χ3v) is 5.34. The summed E-state index contributed by atoms with van der Waals surface area (Å²) < 4.78 is 0. The zero-order chi connectivity index (χ0) is 18.7. The molecule has 2 aromatic rings. The molecule has 1 saturated heterocycles. The lowest BCUT2D eigenvalue weighted by atomic mass is 9.81. The molecule has 26 heavy (non-hydrogen) atoms. The van der Waals surface area contributed by atoms with E-state index in [1.807, 2.05) is 68.4 Å². The number of hydroxylamine groups is 1. The van der Waals surface area contributed by atoms with Crippen molar-refractivity contribution in [3.8, 4) is 0 Å². The highest BCUT2D eigenvalue weighted by Crippen LogP contribution is 2.37. The molecule has 0 radical (unpaired) electrons. The van der Waals surface area contributed by atoms with Crippen molar-refractivity contribution >= 4 is 11.8 Å². The number of likely N-dealkylation sites (tertiary alicyclic amines) is 1. The van der Waals surface area contributed by atoms with Crippen LogP contribution in [0.15, 0.2) is 54.6 Å². The maximum Gasteiger partial charge on any atom is 0.266 e. The third-order valence-electron chi connectivity index (χ3n) is 5.34. The number of hydrogen-bond donors (Lipinski definition) is 2. The van der Waals surface area contributed by atoms with Gasteiger partial charge in [0.05, 0.1) is 5.41 Å². The molecule has 5 heteroatoms. The van der Waals surface area contributed by atoms with Crippen molar-refractivity contribution in [1.29, 1.82) is 0 Å². The minimum atomic E-state index is -0.734. The standard InChI is InChI=1S/C21H24N2O3/c1-15-8-10-17(11-9-15)21(2)12-13-23(20(21)25)18(19(24)22-26)14-16-6-4-3-5-7-16/h3-11,18,26H,12-14H2,1-2H3,(H,22,24)/t18-,21?/m1/s1. The van der Waals surface area contributed by atoms with Gasteiger partial charge >= 0.3 is 0 Å². The van der Waals surface area contributed by atoms with Gasteiger partial charge in [0, 0.05) is 13.0 Å². The van der Waals surface area contributed by atoms with Gasteiger partial charge in [0.2, 0.25) is 5.91 Å². The van der Waals surface area contributed by atoms with Gasteiger partial charge < -0.3 is 4.90 Å². The van der Waals surface area contributed by atoms with Gasteiger partial charge in [-0.2, -0.15) is 0 Å². The zero-order valence-corrected chi connectivity index (χ0v) is 15.1. The number of amides is 2. The summed E-state index contributed by atoms with van der Waals surface area (Å²) in [4.78, 5) is 27.1. The second-order valence-corrected chi connectivity index (χ2v) is 7.13. The average Bonchev–Trinajstić information content (AvgIpc) is 2.96. The van der Waals surface area contributed by atoms with Crippen LogP contribution in [0, 0.1) is 6.92 Å². The van der Waals surface area contributed by atoms with Crippen LogP contribution in [0.1, 0.15) is 30.0 Å². The minimum Gasteiger partial charge on any atom is -0.329 e. The van der Waals surface area contributed by atoms with Gasteiger partial charge in [-0.1, -0.05) is 60.2 Å². The fraction of sp³-hybridized carbons (Fsp3) is 0.333. The predicted molar refractivity (Wildman–Crippen MR) is 98.7 cm³/mol. The molecule has 0 bridgehead atoms. The Bertz CT molecular complexity index is 789. The van der Waals surface area contributed by atoms with Crippen LogP contribution in [0.25, 0.3) is 0 Å². The fourth-order valence-electron chi connectivity index (χ4n) is 3.61. The summed E-state index contributed by atoms with van der Waals surface area (Å²) >= 11 is 0. The summed E-state index contributed by atoms with van der Waals surface area (Å²) in [5.41, 5.74) is 4.11. The van der Waals surface area contributed by atoms with E-state index in [1.165, 1.54) is 0 Å². The zero-order valence-electron chi connectivity index (χ0n) is 15.1. The molecular weight excluding hydrogens is 328 g/mol. The molecule has 0 spiro atoms. The average molecular weight is 352 g/mol. The van der Waals surface area contributed by atoms with E-state index >= 15 is 0 Å². The first-order valence-corrected chi connectivity index (χ1v) is 8.82. The molecule has 2 N–H and O–H groups in total. The lowest BCUT2D eigenvalue weighted by molar-refractivity contribution is -0.143. The largest absolute Gasteiger partial charge is 0.329 e. The van der Waals surface area contributed by atoms with E-state index in [0.717, 1.165) is 16.7 Å². The molecule has 1 aliphatic rings. The van der Waals surface area contributed by atoms with Crippen LogP contribution >= 0.6 is 0 Å². The van der Waals surface area contributed by atoms with Crippen LogP contribution in [0.4, 0.5) is 0 Å². The number of rotatable bonds is 5. The van der Waals surface area contributed by atoms with Gasteiger partial charge in [0.1, 0.15) is 6.04 Å². The van der Waals surface area contributed by atoms with Crippen LogP contribution in [0.5, 0.6) is 0 Å². The fourth-order valence-corrected chi connectivity index (χ4v) is 3.61. The molecule has 0 aliphatic carbocycles. The Kier molecular flexibility index (Phi) is 5.09. The number of aryl methyl sites for hydroxylation is 1. The summed E-state index contributed by atoms with van der Waals surface area (Å²) in [6.45, 7) is 4.42. The van der Waals surface area contributed by atoms with Crippen molar-refractivity contribution < 1.29 is 14.8 Å². The quantitative estimate of drug-likeness (QED) is 0.642. The highest BCUT2D eigenvalue weighted by Gasteiger charge is 2.47. The van der Waals surface area contributed by atoms with Crippen LogP contribution in [-0.4, -0.2) is 34.5 Å². The molecule has 1 fully saturated rings. The monoisotopic (exact) mass is 352 g/mol. The van der Waals surface area contributed by atoms with E-state index in [0.29, 0.717) is 19.4 Å². The van der Waals surface area contributed by atoms with Gasteiger partial charge in [-0.05, 0) is 31.4 Å². The SMILES string of the molecule is Cc1ccc(C2(C)CCN([C@H](Cc3ccccc3)C(=O)NO)C2=O)cc1. The first-order chi connectivity index (χ1) is 12.5. The van der Waals surface area contributed by atoms with E-state index in [9.17, 15) is 9.59 Å². The third kappa shape index (κ3) is 3.35. The molecule has 5 nitrogen and oxygen atoms in total. The molecule has 0 saturated carbocycles. The number of carbonyl (C=O) groups is 2. The van der Waals surface area contributed by atoms with Gasteiger partial charge in [-0.25, -0.2) is 5.48 Å². The number of carbonyl (C=O) groups excluding carboxylic acids is 2. The summed E-state index contributed by atoms with van der Waals surface area (Å²) in [6.07, 6.45) is 1.00. The van der Waals surface area contributed by atoms with Gasteiger partial charge in [-0.15, -0.1) is 0 Å². The Morgan fingerprint density at radius 1 is 1.19 bits per heavy atom. The number of benzene rings is 2. The summed E-state index contributed by atoms with van der Waals surface area (Å²) in [6, 6.07) is 16.7. The molecule has 1 aliphatic heterocycles. The normalized spacial score (nSPS) is 20.9. The lowest BCUT2D eigenvalue weighted by Crippen LogP contribution is -2.50. The minimum absolute atomic E-state index is 0.0779. The second kappa shape index (κ2) is 7.30. The Morgan fingerprint density at radius 3 is 2.46 bits per heavy atom. The molecule has 2 atom stereocenters. The van der Waals surface area contributed by atoms with Gasteiger partial charge in [-0.3, -0.25) is 14.8 Å². The molecule has 1 unspecified atom stereocenters. The number of nitrogens with one attached hydrogen (secondary N) is 1. The summed E-state index contributed by atoms with van der Waals surface area (Å²) in [7, 11) is 0. The predicted octanol–water partition coefficient (Wildman–Crippen LogP) is 2.60. The Labute approximate surface area is 153 Å². The second-order valence-electron chi connectivity index (χ2n) is 7.13. The van der Waals surface area contributed by atoms with E-state index in [2.05, 4.69) is 0 Å². The topological polar surface area (TPSA) is 69.6 Å². The Hall–Kier alpha value is -2.66. The van der Waals surface area contributed by atoms with E-state index in [1.54, 1.807) is 10.4 Å². The molecule has 3 rings (SSSR count). The Balaban J connectivity index is 1.87. The van der Waals surface area contributed by atoms with Crippen molar-refractivity contribution in [3.05, 3.63) is 71.3 Å². The van der Waals surface area contributed by atoms with Crippen molar-refractivity contribution in [2.45, 2.75) is 38.1 Å². The summed E-state index contributed by atoms with van der Waals surface area (Å²) in [5.74, 6) is -0.638. The Morgan fingerprint density at radius 2 is 1.85 bits per heavy atom. The molecule has 2 aromatic carbocycles. The smallest absolute Gasteiger partial charge is 0.266 e. The van der Waals surface area contributed by atoms with Crippen LogP contribution in [-0.2, 0) is 21.4 Å². The van der Waals surface area contributed by atoms with Crippen LogP contribution < -0.4 is 5.48 Å². The van der Waals surface area contributed by atoms with E-state index in [4.69, 9.17) is 5.21 Å². The van der Waals surface area contributed by atoms with Crippen LogP contribution in [0.2, 0.25) is 0 Å². The molecular formula is C21H24N2O3. The molecule has 136 valence electrons. The first kappa shape index (κ1) is 18.1. The highest BCUT2D eigenvalue weighted by atomic mass is 16.5. The number of hydrogen-bond acceptors (Lipinski definition) is 3. The maximum atomic E-state index is 13.2. The summed E-state index contributed by atoms with van der Waals surface area (Å²) in [5, 5.41) is 9.17. The van der Waals surface area contributed by atoms with Crippen molar-refractivity contribution in [3.63, 3.8) is 0 Å². The number of nitrogens with zero attached hydrogens (tertiary/aromatic N) is 1. The van der Waals surface area contributed by atoms with Crippen LogP contribution in [0.3, 0.4) is 0 Å². The molecule has 1 heterocycles.